The molecule has 6 saturated carbocycles. The Hall–Kier alpha value is -2.90. The first-order valence-electron chi connectivity index (χ1n) is 21.4. The highest BCUT2D eigenvalue weighted by atomic mass is 16.6. The molecule has 0 N–H and O–H groups in total. The summed E-state index contributed by atoms with van der Waals surface area (Å²) in [7, 11) is 0. The summed E-state index contributed by atoms with van der Waals surface area (Å²) in [6.07, 6.45) is 13.8. The lowest BCUT2D eigenvalue weighted by molar-refractivity contribution is -0.172. The van der Waals surface area contributed by atoms with Crippen molar-refractivity contribution in [2.45, 2.75) is 156 Å². The average Bonchev–Trinajstić information content (AvgIpc) is 3.66. The molecule has 294 valence electrons. The first-order chi connectivity index (χ1) is 25.5. The van der Waals surface area contributed by atoms with Crippen LogP contribution in [0.1, 0.15) is 144 Å². The van der Waals surface area contributed by atoms with Crippen molar-refractivity contribution < 1.29 is 38.2 Å². The molecule has 8 heteroatoms. The normalized spacial score (nSPS) is 46.3. The SMILES string of the molecule is CC(=O)[C@H]1CC[C@H]2[C@@H]3CCC4=CC(=O)CC(OC(=O)CCC(=O)OC5CC(=O)C=C6CC[C@H]7[C@@H]8CC[C@H](C(C)=O)[C@@]8(C)CC[C@@H]7[C@]65C)[C@]4(C)[C@H]3CC[C@]12C. The monoisotopic (exact) mass is 742 g/mol. The third kappa shape index (κ3) is 5.63. The van der Waals surface area contributed by atoms with E-state index in [-0.39, 0.29) is 71.8 Å². The van der Waals surface area contributed by atoms with Gasteiger partial charge in [0.05, 0.1) is 12.8 Å². The topological polar surface area (TPSA) is 121 Å². The predicted molar refractivity (Wildman–Crippen MR) is 202 cm³/mol. The number of ketones is 4. The largest absolute Gasteiger partial charge is 0.461 e. The second-order valence-electron chi connectivity index (χ2n) is 20.1. The highest BCUT2D eigenvalue weighted by molar-refractivity contribution is 5.93. The Morgan fingerprint density at radius 1 is 0.574 bits per heavy atom. The standard InChI is InChI=1S/C46H62O8/c1-25(47)33-11-13-35-31-9-7-27-21-29(49)23-39(45(27,5)37(31)17-19-43(33,35)3)53-41(51)15-16-42(52)54-40-24-30(50)22-28-8-10-32-36-14-12-34(26(2)48)44(36,4)20-18-38(32)46(28,40)6/h21-22,31-40H,7-20,23-24H2,1-6H3/t31-,32-,33+,34+,35-,36-,37-,38-,39?,40?,43+,44+,45-,46-/m0/s1. The van der Waals surface area contributed by atoms with Crippen LogP contribution in [0.3, 0.4) is 0 Å². The van der Waals surface area contributed by atoms with Crippen LogP contribution in [-0.2, 0) is 38.2 Å². The zero-order chi connectivity index (χ0) is 38.5. The molecule has 8 aliphatic rings. The van der Waals surface area contributed by atoms with E-state index < -0.39 is 35.0 Å². The van der Waals surface area contributed by atoms with E-state index in [4.69, 9.17) is 9.47 Å². The lowest BCUT2D eigenvalue weighted by Crippen LogP contribution is -2.56. The predicted octanol–water partition coefficient (Wildman–Crippen LogP) is 8.28. The van der Waals surface area contributed by atoms with Crippen LogP contribution in [0.4, 0.5) is 0 Å². The summed E-state index contributed by atoms with van der Waals surface area (Å²) < 4.78 is 12.5. The first-order valence-corrected chi connectivity index (χ1v) is 21.4. The lowest BCUT2D eigenvalue weighted by atomic mass is 9.46. The number of Topliss-reactive ketones (excluding diaryl/α,β-unsaturated/α-hetero) is 2. The number of rotatable bonds is 7. The van der Waals surface area contributed by atoms with Crippen molar-refractivity contribution in [3.8, 4) is 0 Å². The molecular weight excluding hydrogens is 680 g/mol. The van der Waals surface area contributed by atoms with Crippen molar-refractivity contribution in [3.05, 3.63) is 23.3 Å². The number of ether oxygens (including phenoxy) is 2. The van der Waals surface area contributed by atoms with Crippen LogP contribution in [0.25, 0.3) is 0 Å². The van der Waals surface area contributed by atoms with Gasteiger partial charge in [-0.25, -0.2) is 0 Å². The first kappa shape index (κ1) is 38.0. The van der Waals surface area contributed by atoms with Gasteiger partial charge in [-0.2, -0.15) is 0 Å². The summed E-state index contributed by atoms with van der Waals surface area (Å²) in [4.78, 5) is 78.5. The van der Waals surface area contributed by atoms with Gasteiger partial charge in [-0.15, -0.1) is 0 Å². The number of fused-ring (bicyclic) bond motifs is 10. The van der Waals surface area contributed by atoms with Gasteiger partial charge in [0.1, 0.15) is 23.8 Å². The molecule has 0 aromatic rings. The van der Waals surface area contributed by atoms with Crippen LogP contribution in [0.2, 0.25) is 0 Å². The van der Waals surface area contributed by atoms with Gasteiger partial charge in [-0.3, -0.25) is 28.8 Å². The summed E-state index contributed by atoms with van der Waals surface area (Å²) in [5, 5.41) is 0. The Bertz CT molecular complexity index is 1600. The maximum atomic E-state index is 13.6. The summed E-state index contributed by atoms with van der Waals surface area (Å²) in [5.41, 5.74) is 1.26. The molecule has 0 radical (unpaired) electrons. The molecule has 0 aromatic heterocycles. The summed E-state index contributed by atoms with van der Waals surface area (Å²) in [6, 6.07) is 0. The van der Waals surface area contributed by atoms with Crippen LogP contribution in [0.5, 0.6) is 0 Å². The van der Waals surface area contributed by atoms with E-state index >= 15 is 0 Å². The Balaban J connectivity index is 0.937. The molecule has 8 rings (SSSR count). The molecule has 14 atom stereocenters. The van der Waals surface area contributed by atoms with E-state index in [1.807, 2.05) is 12.2 Å². The third-order valence-electron chi connectivity index (χ3n) is 18.1. The van der Waals surface area contributed by atoms with Gasteiger partial charge in [0.15, 0.2) is 11.6 Å². The van der Waals surface area contributed by atoms with Crippen molar-refractivity contribution >= 4 is 35.1 Å². The van der Waals surface area contributed by atoms with Crippen molar-refractivity contribution in [2.24, 2.45) is 69.0 Å². The molecule has 2 unspecified atom stereocenters. The lowest BCUT2D eigenvalue weighted by Gasteiger charge is -2.59. The van der Waals surface area contributed by atoms with Gasteiger partial charge in [-0.1, -0.05) is 38.8 Å². The van der Waals surface area contributed by atoms with Crippen LogP contribution in [-0.4, -0.2) is 47.3 Å². The zero-order valence-corrected chi connectivity index (χ0v) is 33.5. The Labute approximate surface area is 321 Å². The van der Waals surface area contributed by atoms with Gasteiger partial charge >= 0.3 is 11.9 Å². The van der Waals surface area contributed by atoms with E-state index in [1.54, 1.807) is 13.8 Å². The smallest absolute Gasteiger partial charge is 0.306 e. The number of carbonyl (C=O) groups is 6. The van der Waals surface area contributed by atoms with Crippen LogP contribution in [0, 0.1) is 69.0 Å². The highest BCUT2D eigenvalue weighted by Crippen LogP contribution is 2.68. The fourth-order valence-corrected chi connectivity index (χ4v) is 15.5. The molecule has 0 heterocycles. The highest BCUT2D eigenvalue weighted by Gasteiger charge is 2.64. The molecule has 0 bridgehead atoms. The molecule has 8 nitrogen and oxygen atoms in total. The molecule has 0 amide bonds. The molecule has 0 saturated heterocycles. The van der Waals surface area contributed by atoms with Crippen molar-refractivity contribution in [3.63, 3.8) is 0 Å². The van der Waals surface area contributed by atoms with Crippen molar-refractivity contribution in [1.29, 1.82) is 0 Å². The van der Waals surface area contributed by atoms with Crippen LogP contribution < -0.4 is 0 Å². The van der Waals surface area contributed by atoms with Crippen LogP contribution >= 0.6 is 0 Å². The molecule has 0 aromatic carbocycles. The molecular formula is C46H62O8. The van der Waals surface area contributed by atoms with Gasteiger partial charge < -0.3 is 9.47 Å². The van der Waals surface area contributed by atoms with Gasteiger partial charge in [0, 0.05) is 35.5 Å². The summed E-state index contributed by atoms with van der Waals surface area (Å²) in [5.74, 6) is 2.05. The van der Waals surface area contributed by atoms with E-state index in [2.05, 4.69) is 27.7 Å². The second-order valence-corrected chi connectivity index (χ2v) is 20.1. The maximum Gasteiger partial charge on any atom is 0.306 e. The number of carbonyl (C=O) groups excluding carboxylic acids is 6. The van der Waals surface area contributed by atoms with Crippen molar-refractivity contribution in [1.82, 2.24) is 0 Å². The quantitative estimate of drug-likeness (QED) is 0.239. The number of esters is 2. The Morgan fingerprint density at radius 3 is 1.33 bits per heavy atom. The van der Waals surface area contributed by atoms with E-state index in [9.17, 15) is 28.8 Å². The summed E-state index contributed by atoms with van der Waals surface area (Å²) in [6.45, 7) is 12.5. The van der Waals surface area contributed by atoms with E-state index in [0.717, 1.165) is 88.2 Å². The maximum absolute atomic E-state index is 13.6. The molecule has 0 spiro atoms. The Morgan fingerprint density at radius 2 is 0.963 bits per heavy atom. The van der Waals surface area contributed by atoms with Crippen molar-refractivity contribution in [2.75, 3.05) is 0 Å². The number of hydrogen-bond donors (Lipinski definition) is 0. The fourth-order valence-electron chi connectivity index (χ4n) is 15.5. The van der Waals surface area contributed by atoms with Gasteiger partial charge in [0.2, 0.25) is 0 Å². The third-order valence-corrected chi connectivity index (χ3v) is 18.1. The van der Waals surface area contributed by atoms with E-state index in [1.165, 1.54) is 0 Å². The van der Waals surface area contributed by atoms with E-state index in [0.29, 0.717) is 35.2 Å². The molecule has 6 fully saturated rings. The molecule has 54 heavy (non-hydrogen) atoms. The zero-order valence-electron chi connectivity index (χ0n) is 33.5. The van der Waals surface area contributed by atoms with Gasteiger partial charge in [-0.05, 0) is 149 Å². The summed E-state index contributed by atoms with van der Waals surface area (Å²) >= 11 is 0. The number of hydrogen-bond acceptors (Lipinski definition) is 8. The minimum absolute atomic E-state index is 0.00331. The average molecular weight is 743 g/mol. The van der Waals surface area contributed by atoms with Gasteiger partial charge in [0.25, 0.3) is 0 Å². The second kappa shape index (κ2) is 13.4. The molecule has 8 aliphatic carbocycles. The minimum atomic E-state index is -0.590. The minimum Gasteiger partial charge on any atom is -0.461 e. The Kier molecular flexibility index (Phi) is 9.40. The molecule has 0 aliphatic heterocycles. The van der Waals surface area contributed by atoms with Crippen LogP contribution in [0.15, 0.2) is 23.3 Å². The fraction of sp³-hybridized carbons (Fsp3) is 0.783.